The first-order chi connectivity index (χ1) is 12.4. The molecule has 1 saturated heterocycles. The van der Waals surface area contributed by atoms with Crippen LogP contribution < -0.4 is 0 Å². The number of rotatable bonds is 5. The molecule has 0 spiro atoms. The lowest BCUT2D eigenvalue weighted by Crippen LogP contribution is -2.64. The van der Waals surface area contributed by atoms with Crippen molar-refractivity contribution in [1.82, 2.24) is 4.90 Å². The highest BCUT2D eigenvalue weighted by Gasteiger charge is 2.56. The van der Waals surface area contributed by atoms with E-state index in [4.69, 9.17) is 14.2 Å². The fraction of sp³-hybridized carbons (Fsp3) is 0.667. The summed E-state index contributed by atoms with van der Waals surface area (Å²) in [6, 6.07) is 0. The van der Waals surface area contributed by atoms with E-state index in [2.05, 4.69) is 0 Å². The fourth-order valence-corrected chi connectivity index (χ4v) is 4.31. The molecule has 0 aliphatic carbocycles. The van der Waals surface area contributed by atoms with Gasteiger partial charge in [-0.1, -0.05) is 0 Å². The molecule has 0 bridgehead atoms. The summed E-state index contributed by atoms with van der Waals surface area (Å²) in [6.45, 7) is 9.26. The Morgan fingerprint density at radius 1 is 1.26 bits per heavy atom. The number of ether oxygens (including phenoxy) is 3. The topological polar surface area (TPSA) is 99.2 Å². The van der Waals surface area contributed by atoms with Crippen LogP contribution in [0.15, 0.2) is 11.3 Å². The summed E-state index contributed by atoms with van der Waals surface area (Å²) < 4.78 is 15.1. The number of amides is 1. The summed E-state index contributed by atoms with van der Waals surface area (Å²) in [7, 11) is 0. The molecule has 0 aromatic carbocycles. The maximum absolute atomic E-state index is 12.6. The molecule has 0 N–H and O–H groups in total. The Morgan fingerprint density at radius 2 is 1.89 bits per heavy atom. The molecule has 8 nitrogen and oxygen atoms in total. The van der Waals surface area contributed by atoms with Crippen LogP contribution in [0.25, 0.3) is 0 Å². The summed E-state index contributed by atoms with van der Waals surface area (Å²) in [4.78, 5) is 49.3. The van der Waals surface area contributed by atoms with E-state index in [1.165, 1.54) is 23.6 Å². The van der Waals surface area contributed by atoms with Crippen molar-refractivity contribution in [1.29, 1.82) is 0 Å². The number of carbonyl (C=O) groups excluding carboxylic acids is 4. The number of β-lactam (4-membered cyclic amide) rings is 1. The molecule has 3 atom stereocenters. The molecule has 0 aromatic rings. The lowest BCUT2D eigenvalue weighted by Gasteiger charge is -2.51. The highest BCUT2D eigenvalue weighted by atomic mass is 32.2. The molecule has 150 valence electrons. The molecule has 9 heteroatoms. The minimum absolute atomic E-state index is 0.168. The minimum Gasteiger partial charge on any atom is -0.462 e. The smallest absolute Gasteiger partial charge is 0.357 e. The van der Waals surface area contributed by atoms with Crippen molar-refractivity contribution in [2.24, 2.45) is 11.3 Å². The Balaban J connectivity index is 2.03. The second-order valence-electron chi connectivity index (χ2n) is 7.61. The summed E-state index contributed by atoms with van der Waals surface area (Å²) in [5, 5.41) is -0.296. The number of hydrogen-bond donors (Lipinski definition) is 0. The molecule has 0 radical (unpaired) electrons. The van der Waals surface area contributed by atoms with Crippen LogP contribution in [-0.4, -0.2) is 52.7 Å². The third kappa shape index (κ3) is 4.45. The van der Waals surface area contributed by atoms with Crippen LogP contribution in [0.5, 0.6) is 0 Å². The summed E-state index contributed by atoms with van der Waals surface area (Å²) in [5.41, 5.74) is 0.166. The van der Waals surface area contributed by atoms with Crippen molar-refractivity contribution in [3.8, 4) is 0 Å². The molecule has 2 aliphatic heterocycles. The van der Waals surface area contributed by atoms with Crippen LogP contribution in [0, 0.1) is 11.3 Å². The number of thioether (sulfide) groups is 1. The van der Waals surface area contributed by atoms with Crippen molar-refractivity contribution < 1.29 is 33.4 Å². The normalized spacial score (nSPS) is 23.2. The molecule has 1 fully saturated rings. The van der Waals surface area contributed by atoms with Gasteiger partial charge in [-0.3, -0.25) is 19.3 Å². The van der Waals surface area contributed by atoms with Crippen molar-refractivity contribution in [2.45, 2.75) is 53.0 Å². The zero-order chi connectivity index (χ0) is 20.5. The summed E-state index contributed by atoms with van der Waals surface area (Å²) >= 11 is 1.50. The third-order valence-corrected chi connectivity index (χ3v) is 5.69. The average molecular weight is 399 g/mol. The van der Waals surface area contributed by atoms with Crippen LogP contribution in [0.2, 0.25) is 0 Å². The van der Waals surface area contributed by atoms with Gasteiger partial charge in [0.15, 0.2) is 0 Å². The zero-order valence-electron chi connectivity index (χ0n) is 16.4. The van der Waals surface area contributed by atoms with E-state index in [-0.39, 0.29) is 17.0 Å². The first kappa shape index (κ1) is 21.3. The van der Waals surface area contributed by atoms with Gasteiger partial charge in [0.25, 0.3) is 0 Å². The van der Waals surface area contributed by atoms with Gasteiger partial charge in [0.1, 0.15) is 17.7 Å². The number of esters is 3. The lowest BCUT2D eigenvalue weighted by molar-refractivity contribution is -0.176. The van der Waals surface area contributed by atoms with Gasteiger partial charge in [-0.2, -0.15) is 0 Å². The van der Waals surface area contributed by atoms with Crippen LogP contribution >= 0.6 is 11.8 Å². The number of nitrogens with zero attached hydrogens (tertiary/aromatic N) is 1. The van der Waals surface area contributed by atoms with Gasteiger partial charge in [0, 0.05) is 12.7 Å². The second kappa shape index (κ2) is 7.92. The van der Waals surface area contributed by atoms with Gasteiger partial charge >= 0.3 is 17.9 Å². The van der Waals surface area contributed by atoms with Crippen molar-refractivity contribution in [2.75, 3.05) is 12.5 Å². The van der Waals surface area contributed by atoms with Gasteiger partial charge in [0.05, 0.1) is 10.8 Å². The van der Waals surface area contributed by atoms with Crippen molar-refractivity contribution in [3.05, 3.63) is 11.3 Å². The molecule has 1 amide bonds. The predicted molar refractivity (Wildman–Crippen MR) is 97.0 cm³/mol. The third-order valence-electron chi connectivity index (χ3n) is 4.24. The van der Waals surface area contributed by atoms with Gasteiger partial charge < -0.3 is 14.2 Å². The molecule has 1 unspecified atom stereocenters. The fourth-order valence-electron chi connectivity index (χ4n) is 2.85. The average Bonchev–Trinajstić information content (AvgIpc) is 2.53. The largest absolute Gasteiger partial charge is 0.462 e. The Bertz CT molecular complexity index is 694. The zero-order valence-corrected chi connectivity index (χ0v) is 17.2. The molecule has 0 saturated carbocycles. The predicted octanol–water partition coefficient (Wildman–Crippen LogP) is 1.83. The number of hydrogen-bond acceptors (Lipinski definition) is 8. The number of fused-ring (bicyclic) bond motifs is 1. The van der Waals surface area contributed by atoms with E-state index in [1.54, 1.807) is 34.6 Å². The standard InChI is InChI=1S/C18H25NO7S/c1-9-7-27-15-12(10(2)26-11(3)20)14(21)19(15)13(9)16(22)24-8-25-17(23)18(4,5)6/h10,12,15H,7-8H2,1-6H3/t10?,12-,15-/m0/s1. The first-order valence-corrected chi connectivity index (χ1v) is 9.66. The van der Waals surface area contributed by atoms with Crippen LogP contribution in [0.1, 0.15) is 41.5 Å². The molecule has 27 heavy (non-hydrogen) atoms. The lowest BCUT2D eigenvalue weighted by atomic mass is 9.91. The Morgan fingerprint density at radius 3 is 2.44 bits per heavy atom. The molecule has 2 aliphatic rings. The van der Waals surface area contributed by atoms with E-state index < -0.39 is 42.1 Å². The van der Waals surface area contributed by atoms with E-state index in [0.29, 0.717) is 11.3 Å². The van der Waals surface area contributed by atoms with Gasteiger partial charge in [0.2, 0.25) is 12.7 Å². The van der Waals surface area contributed by atoms with E-state index in [9.17, 15) is 19.2 Å². The highest BCUT2D eigenvalue weighted by molar-refractivity contribution is 8.00. The Hall–Kier alpha value is -2.03. The highest BCUT2D eigenvalue weighted by Crippen LogP contribution is 2.45. The monoisotopic (exact) mass is 399 g/mol. The SMILES string of the molecule is CC(=O)OC(C)[C@H]1C(=O)N2C(C(=O)OCOC(=O)C(C)(C)C)=C(C)CS[C@@H]12. The summed E-state index contributed by atoms with van der Waals surface area (Å²) in [5.74, 6) is -1.92. The quantitative estimate of drug-likeness (QED) is 0.392. The van der Waals surface area contributed by atoms with Crippen molar-refractivity contribution >= 4 is 35.6 Å². The van der Waals surface area contributed by atoms with Crippen LogP contribution in [0.3, 0.4) is 0 Å². The summed E-state index contributed by atoms with van der Waals surface area (Å²) in [6.07, 6.45) is -0.577. The minimum atomic E-state index is -0.716. The molecular formula is C18H25NO7S. The van der Waals surface area contributed by atoms with E-state index >= 15 is 0 Å². The second-order valence-corrected chi connectivity index (χ2v) is 8.72. The van der Waals surface area contributed by atoms with Gasteiger partial charge in [-0.05, 0) is 40.2 Å². The molecular weight excluding hydrogens is 374 g/mol. The molecule has 2 heterocycles. The molecule has 2 rings (SSSR count). The Kier molecular flexibility index (Phi) is 6.24. The van der Waals surface area contributed by atoms with Gasteiger partial charge in [-0.15, -0.1) is 11.8 Å². The van der Waals surface area contributed by atoms with Crippen LogP contribution in [0.4, 0.5) is 0 Å². The van der Waals surface area contributed by atoms with Crippen LogP contribution in [-0.2, 0) is 33.4 Å². The van der Waals surface area contributed by atoms with E-state index in [0.717, 1.165) is 0 Å². The maximum atomic E-state index is 12.6. The number of carbonyl (C=O) groups is 4. The Labute approximate surface area is 162 Å². The van der Waals surface area contributed by atoms with Gasteiger partial charge in [-0.25, -0.2) is 4.79 Å². The molecule has 0 aromatic heterocycles. The van der Waals surface area contributed by atoms with E-state index in [1.807, 2.05) is 0 Å². The first-order valence-electron chi connectivity index (χ1n) is 8.61. The van der Waals surface area contributed by atoms with Crippen molar-refractivity contribution in [3.63, 3.8) is 0 Å². The maximum Gasteiger partial charge on any atom is 0.357 e.